The SMILES string of the molecule is Cc1cc(CNC(=O)C2(O)CCCC(C)(C)C2)no1. The van der Waals surface area contributed by atoms with E-state index in [1.807, 2.05) is 0 Å². The number of amides is 1. The van der Waals surface area contributed by atoms with Crippen LogP contribution in [0.25, 0.3) is 0 Å². The summed E-state index contributed by atoms with van der Waals surface area (Å²) < 4.78 is 4.94. The normalized spacial score (nSPS) is 26.1. The van der Waals surface area contributed by atoms with Crippen molar-refractivity contribution in [1.82, 2.24) is 10.5 Å². The third-order valence-corrected chi connectivity index (χ3v) is 3.74. The Morgan fingerprint density at radius 1 is 1.53 bits per heavy atom. The molecule has 1 unspecified atom stereocenters. The molecule has 0 bridgehead atoms. The van der Waals surface area contributed by atoms with Gasteiger partial charge in [0.05, 0.1) is 6.54 Å². The first-order chi connectivity index (χ1) is 8.81. The summed E-state index contributed by atoms with van der Waals surface area (Å²) in [5.74, 6) is 0.405. The summed E-state index contributed by atoms with van der Waals surface area (Å²) in [6, 6.07) is 1.77. The van der Waals surface area contributed by atoms with E-state index in [0.717, 1.165) is 12.8 Å². The molecule has 2 rings (SSSR count). The number of carbonyl (C=O) groups is 1. The summed E-state index contributed by atoms with van der Waals surface area (Å²) in [5.41, 5.74) is -0.570. The molecule has 1 aromatic rings. The molecule has 2 N–H and O–H groups in total. The maximum Gasteiger partial charge on any atom is 0.252 e. The van der Waals surface area contributed by atoms with Gasteiger partial charge in [-0.25, -0.2) is 0 Å². The summed E-state index contributed by atoms with van der Waals surface area (Å²) in [4.78, 5) is 12.2. The summed E-state index contributed by atoms with van der Waals surface area (Å²) in [6.45, 7) is 6.27. The lowest BCUT2D eigenvalue weighted by atomic mass is 9.69. The van der Waals surface area contributed by atoms with Gasteiger partial charge in [-0.1, -0.05) is 19.0 Å². The number of hydrogen-bond donors (Lipinski definition) is 2. The molecule has 0 radical (unpaired) electrons. The Morgan fingerprint density at radius 2 is 2.26 bits per heavy atom. The van der Waals surface area contributed by atoms with Crippen molar-refractivity contribution in [2.45, 2.75) is 58.6 Å². The van der Waals surface area contributed by atoms with E-state index in [1.54, 1.807) is 13.0 Å². The monoisotopic (exact) mass is 266 g/mol. The second-order valence-electron chi connectivity index (χ2n) is 6.34. The first-order valence-corrected chi connectivity index (χ1v) is 6.74. The van der Waals surface area contributed by atoms with E-state index in [4.69, 9.17) is 4.52 Å². The van der Waals surface area contributed by atoms with Gasteiger partial charge in [-0.15, -0.1) is 0 Å². The lowest BCUT2D eigenvalue weighted by molar-refractivity contribution is -0.147. The quantitative estimate of drug-likeness (QED) is 0.876. The van der Waals surface area contributed by atoms with Crippen molar-refractivity contribution in [3.05, 3.63) is 17.5 Å². The third kappa shape index (κ3) is 3.35. The highest BCUT2D eigenvalue weighted by molar-refractivity contribution is 5.85. The third-order valence-electron chi connectivity index (χ3n) is 3.74. The molecule has 1 atom stereocenters. The Kier molecular flexibility index (Phi) is 3.67. The molecule has 1 aliphatic carbocycles. The van der Waals surface area contributed by atoms with Gasteiger partial charge < -0.3 is 14.9 Å². The molecule has 0 saturated heterocycles. The summed E-state index contributed by atoms with van der Waals surface area (Å²) in [7, 11) is 0. The summed E-state index contributed by atoms with van der Waals surface area (Å²) in [6.07, 6.45) is 2.95. The van der Waals surface area contributed by atoms with E-state index >= 15 is 0 Å². The second kappa shape index (κ2) is 4.96. The van der Waals surface area contributed by atoms with Crippen LogP contribution in [0.4, 0.5) is 0 Å². The fourth-order valence-electron chi connectivity index (χ4n) is 2.86. The van der Waals surface area contributed by atoms with Crippen LogP contribution >= 0.6 is 0 Å². The number of hydrogen-bond acceptors (Lipinski definition) is 4. The first-order valence-electron chi connectivity index (χ1n) is 6.74. The van der Waals surface area contributed by atoms with Gasteiger partial charge >= 0.3 is 0 Å². The Labute approximate surface area is 113 Å². The van der Waals surface area contributed by atoms with E-state index < -0.39 is 5.60 Å². The van der Waals surface area contributed by atoms with Crippen LogP contribution in [-0.4, -0.2) is 21.8 Å². The number of nitrogens with zero attached hydrogens (tertiary/aromatic N) is 1. The first kappa shape index (κ1) is 14.1. The minimum Gasteiger partial charge on any atom is -0.380 e. The maximum atomic E-state index is 12.2. The van der Waals surface area contributed by atoms with Gasteiger partial charge in [0.1, 0.15) is 17.1 Å². The van der Waals surface area contributed by atoms with Crippen LogP contribution < -0.4 is 5.32 Å². The van der Waals surface area contributed by atoms with E-state index in [0.29, 0.717) is 30.8 Å². The molecule has 5 heteroatoms. The van der Waals surface area contributed by atoms with Crippen molar-refractivity contribution in [2.24, 2.45) is 5.41 Å². The Morgan fingerprint density at radius 3 is 2.84 bits per heavy atom. The molecule has 1 saturated carbocycles. The Balaban J connectivity index is 1.95. The van der Waals surface area contributed by atoms with Crippen molar-refractivity contribution >= 4 is 5.91 Å². The molecular weight excluding hydrogens is 244 g/mol. The standard InChI is InChI=1S/C14H22N2O3/c1-10-7-11(16-19-10)8-15-12(17)14(18)6-4-5-13(2,3)9-14/h7,18H,4-6,8-9H2,1-3H3,(H,15,17). The summed E-state index contributed by atoms with van der Waals surface area (Å²) in [5, 5.41) is 17.1. The predicted molar refractivity (Wildman–Crippen MR) is 70.3 cm³/mol. The van der Waals surface area contributed by atoms with Crippen molar-refractivity contribution in [2.75, 3.05) is 0 Å². The smallest absolute Gasteiger partial charge is 0.252 e. The second-order valence-corrected chi connectivity index (χ2v) is 6.34. The molecule has 1 fully saturated rings. The van der Waals surface area contributed by atoms with Crippen molar-refractivity contribution in [1.29, 1.82) is 0 Å². The fraction of sp³-hybridized carbons (Fsp3) is 0.714. The molecule has 5 nitrogen and oxygen atoms in total. The summed E-state index contributed by atoms with van der Waals surface area (Å²) >= 11 is 0. The highest BCUT2D eigenvalue weighted by atomic mass is 16.5. The van der Waals surface area contributed by atoms with Crippen LogP contribution in [0.15, 0.2) is 10.6 Å². The van der Waals surface area contributed by atoms with Crippen LogP contribution in [0.2, 0.25) is 0 Å². The van der Waals surface area contributed by atoms with Crippen molar-refractivity contribution < 1.29 is 14.4 Å². The minimum atomic E-state index is -1.25. The Bertz CT molecular complexity index is 467. The minimum absolute atomic E-state index is 0.00875. The number of carbonyl (C=O) groups excluding carboxylic acids is 1. The van der Waals surface area contributed by atoms with Crippen LogP contribution in [0.1, 0.15) is 51.0 Å². The number of aryl methyl sites for hydroxylation is 1. The topological polar surface area (TPSA) is 75.4 Å². The van der Waals surface area contributed by atoms with Crippen LogP contribution in [0.5, 0.6) is 0 Å². The number of aromatic nitrogens is 1. The fourth-order valence-corrected chi connectivity index (χ4v) is 2.86. The molecule has 1 aliphatic rings. The lowest BCUT2D eigenvalue weighted by Gasteiger charge is -2.40. The van der Waals surface area contributed by atoms with Crippen LogP contribution in [-0.2, 0) is 11.3 Å². The van der Waals surface area contributed by atoms with E-state index in [-0.39, 0.29) is 11.3 Å². The molecule has 1 aromatic heterocycles. The molecule has 19 heavy (non-hydrogen) atoms. The maximum absolute atomic E-state index is 12.2. The average Bonchev–Trinajstić information content (AvgIpc) is 2.70. The van der Waals surface area contributed by atoms with Gasteiger partial charge in [0, 0.05) is 6.07 Å². The average molecular weight is 266 g/mol. The zero-order chi connectivity index (χ0) is 14.1. The molecule has 0 aliphatic heterocycles. The largest absolute Gasteiger partial charge is 0.380 e. The van der Waals surface area contributed by atoms with Gasteiger partial charge in [-0.05, 0) is 38.0 Å². The van der Waals surface area contributed by atoms with Gasteiger partial charge in [-0.3, -0.25) is 4.79 Å². The van der Waals surface area contributed by atoms with E-state index in [1.165, 1.54) is 0 Å². The number of rotatable bonds is 3. The highest BCUT2D eigenvalue weighted by Gasteiger charge is 2.43. The lowest BCUT2D eigenvalue weighted by Crippen LogP contribution is -2.51. The molecular formula is C14H22N2O3. The molecule has 1 heterocycles. The number of aliphatic hydroxyl groups is 1. The van der Waals surface area contributed by atoms with Crippen LogP contribution in [0, 0.1) is 12.3 Å². The van der Waals surface area contributed by atoms with E-state index in [2.05, 4.69) is 24.3 Å². The molecule has 0 aromatic carbocycles. The van der Waals surface area contributed by atoms with Gasteiger partial charge in [0.25, 0.3) is 5.91 Å². The van der Waals surface area contributed by atoms with Crippen LogP contribution in [0.3, 0.4) is 0 Å². The van der Waals surface area contributed by atoms with Crippen molar-refractivity contribution in [3.63, 3.8) is 0 Å². The zero-order valence-electron chi connectivity index (χ0n) is 11.8. The molecule has 106 valence electrons. The number of nitrogens with one attached hydrogen (secondary N) is 1. The highest BCUT2D eigenvalue weighted by Crippen LogP contribution is 2.41. The van der Waals surface area contributed by atoms with Crippen molar-refractivity contribution in [3.8, 4) is 0 Å². The van der Waals surface area contributed by atoms with Gasteiger partial charge in [-0.2, -0.15) is 0 Å². The predicted octanol–water partition coefficient (Wildman–Crippen LogP) is 1.93. The van der Waals surface area contributed by atoms with E-state index in [9.17, 15) is 9.90 Å². The zero-order valence-corrected chi connectivity index (χ0v) is 11.8. The molecule has 1 amide bonds. The van der Waals surface area contributed by atoms with Gasteiger partial charge in [0.15, 0.2) is 0 Å². The Hall–Kier alpha value is -1.36. The molecule has 0 spiro atoms. The van der Waals surface area contributed by atoms with Gasteiger partial charge in [0.2, 0.25) is 0 Å².